The Balaban J connectivity index is 1.51. The molecule has 0 atom stereocenters. The van der Waals surface area contributed by atoms with E-state index >= 15 is 0 Å². The number of benzene rings is 1. The molecule has 1 fully saturated rings. The molecule has 0 unspecified atom stereocenters. The highest BCUT2D eigenvalue weighted by Crippen LogP contribution is 2.29. The van der Waals surface area contributed by atoms with Gasteiger partial charge in [-0.05, 0) is 37.9 Å². The number of nitrogens with zero attached hydrogens (tertiary/aromatic N) is 4. The normalized spacial score (nSPS) is 15.6. The Morgan fingerprint density at radius 3 is 2.41 bits per heavy atom. The molecule has 1 saturated heterocycles. The molecule has 0 radical (unpaired) electrons. The van der Waals surface area contributed by atoms with Crippen LogP contribution in [0.1, 0.15) is 44.0 Å². The van der Waals surface area contributed by atoms with Gasteiger partial charge in [-0.15, -0.1) is 0 Å². The van der Waals surface area contributed by atoms with Crippen LogP contribution in [-0.2, 0) is 13.6 Å². The van der Waals surface area contributed by atoms with Crippen LogP contribution in [0.5, 0.6) is 0 Å². The minimum atomic E-state index is -0.105. The van der Waals surface area contributed by atoms with Crippen molar-refractivity contribution >= 4 is 27.7 Å². The lowest BCUT2D eigenvalue weighted by Crippen LogP contribution is -2.47. The molecule has 1 aliphatic rings. The van der Waals surface area contributed by atoms with Crippen LogP contribution in [0.15, 0.2) is 35.3 Å². The van der Waals surface area contributed by atoms with Gasteiger partial charge >= 0.3 is 0 Å². The SMILES string of the molecule is CCCN1CCN(CCCNC(=O)c2cn(CC(C)C)c(=O)c3c2c2ccccc2n3C)CC1. The molecule has 1 aliphatic heterocycles. The van der Waals surface area contributed by atoms with Crippen molar-refractivity contribution < 1.29 is 4.79 Å². The number of hydrogen-bond acceptors (Lipinski definition) is 4. The average molecular weight is 466 g/mol. The Kier molecular flexibility index (Phi) is 7.73. The summed E-state index contributed by atoms with van der Waals surface area (Å²) in [6.07, 6.45) is 3.89. The first-order chi connectivity index (χ1) is 16.4. The molecular formula is C27H39N5O2. The quantitative estimate of drug-likeness (QED) is 0.493. The van der Waals surface area contributed by atoms with Gasteiger partial charge in [0, 0.05) is 68.8 Å². The number of fused-ring (bicyclic) bond motifs is 3. The number of hydrogen-bond donors (Lipinski definition) is 1. The predicted octanol–water partition coefficient (Wildman–Crippen LogP) is 3.30. The van der Waals surface area contributed by atoms with Crippen LogP contribution in [0.3, 0.4) is 0 Å². The summed E-state index contributed by atoms with van der Waals surface area (Å²) in [5, 5.41) is 4.84. The zero-order valence-corrected chi connectivity index (χ0v) is 21.1. The Hall–Kier alpha value is -2.64. The number of aromatic nitrogens is 2. The van der Waals surface area contributed by atoms with Gasteiger partial charge in [0.2, 0.25) is 0 Å². The van der Waals surface area contributed by atoms with Gasteiger partial charge in [0.15, 0.2) is 0 Å². The maximum absolute atomic E-state index is 13.4. The monoisotopic (exact) mass is 465 g/mol. The van der Waals surface area contributed by atoms with Crippen molar-refractivity contribution in [3.8, 4) is 0 Å². The third-order valence-corrected chi connectivity index (χ3v) is 6.87. The number of pyridine rings is 1. The van der Waals surface area contributed by atoms with E-state index < -0.39 is 0 Å². The van der Waals surface area contributed by atoms with E-state index in [0.29, 0.717) is 30.1 Å². The highest BCUT2D eigenvalue weighted by molar-refractivity contribution is 6.17. The second kappa shape index (κ2) is 10.7. The van der Waals surface area contributed by atoms with E-state index in [1.807, 2.05) is 35.9 Å². The fraction of sp³-hybridized carbons (Fsp3) is 0.556. The topological polar surface area (TPSA) is 62.5 Å². The molecular weight excluding hydrogens is 426 g/mol. The van der Waals surface area contributed by atoms with E-state index in [2.05, 4.69) is 35.9 Å². The molecule has 0 aliphatic carbocycles. The van der Waals surface area contributed by atoms with E-state index in [-0.39, 0.29) is 11.5 Å². The van der Waals surface area contributed by atoms with Gasteiger partial charge in [0.25, 0.3) is 11.5 Å². The fourth-order valence-electron chi connectivity index (χ4n) is 5.19. The highest BCUT2D eigenvalue weighted by Gasteiger charge is 2.21. The summed E-state index contributed by atoms with van der Waals surface area (Å²) >= 11 is 0. The molecule has 1 N–H and O–H groups in total. The molecule has 3 aromatic rings. The second-order valence-corrected chi connectivity index (χ2v) is 9.99. The number of para-hydroxylation sites is 1. The lowest BCUT2D eigenvalue weighted by Gasteiger charge is -2.34. The Bertz CT molecular complexity index is 1200. The van der Waals surface area contributed by atoms with Crippen LogP contribution >= 0.6 is 0 Å². The van der Waals surface area contributed by atoms with Gasteiger partial charge < -0.3 is 24.3 Å². The van der Waals surface area contributed by atoms with Crippen LogP contribution < -0.4 is 10.9 Å². The molecule has 7 nitrogen and oxygen atoms in total. The summed E-state index contributed by atoms with van der Waals surface area (Å²) < 4.78 is 3.63. The molecule has 0 saturated carbocycles. The second-order valence-electron chi connectivity index (χ2n) is 9.99. The zero-order chi connectivity index (χ0) is 24.2. The number of rotatable bonds is 9. The van der Waals surface area contributed by atoms with E-state index in [1.54, 1.807) is 10.8 Å². The minimum Gasteiger partial charge on any atom is -0.352 e. The molecule has 7 heteroatoms. The molecule has 1 amide bonds. The third kappa shape index (κ3) is 5.05. The maximum atomic E-state index is 13.4. The summed E-state index contributed by atoms with van der Waals surface area (Å²) in [5.74, 6) is 0.199. The Labute approximate surface area is 202 Å². The lowest BCUT2D eigenvalue weighted by molar-refractivity contribution is 0.0948. The van der Waals surface area contributed by atoms with E-state index in [0.717, 1.165) is 55.4 Å². The molecule has 0 spiro atoms. The van der Waals surface area contributed by atoms with Crippen molar-refractivity contribution in [1.82, 2.24) is 24.3 Å². The van der Waals surface area contributed by atoms with Gasteiger partial charge in [0.05, 0.1) is 5.56 Å². The van der Waals surface area contributed by atoms with Gasteiger partial charge in [0.1, 0.15) is 5.52 Å². The van der Waals surface area contributed by atoms with Crippen molar-refractivity contribution in [3.63, 3.8) is 0 Å². The number of piperazine rings is 1. The van der Waals surface area contributed by atoms with Crippen molar-refractivity contribution in [2.24, 2.45) is 13.0 Å². The summed E-state index contributed by atoms with van der Waals surface area (Å²) in [6, 6.07) is 7.93. The first-order valence-electron chi connectivity index (χ1n) is 12.7. The number of carbonyl (C=O) groups is 1. The van der Waals surface area contributed by atoms with E-state index in [9.17, 15) is 9.59 Å². The maximum Gasteiger partial charge on any atom is 0.275 e. The number of nitrogens with one attached hydrogen (secondary N) is 1. The highest BCUT2D eigenvalue weighted by atomic mass is 16.2. The van der Waals surface area contributed by atoms with E-state index in [1.165, 1.54) is 13.0 Å². The standard InChI is InChI=1S/C27H39N5O2/c1-5-12-30-14-16-31(17-15-30)13-8-11-28-26(33)22-19-32(18-20(2)3)27(34)25-24(22)21-9-6-7-10-23(21)29(25)4/h6-7,9-10,19-20H,5,8,11-18H2,1-4H3,(H,28,33). The molecule has 3 heterocycles. The van der Waals surface area contributed by atoms with Gasteiger partial charge in [-0.2, -0.15) is 0 Å². The van der Waals surface area contributed by atoms with Crippen LogP contribution in [0, 0.1) is 5.92 Å². The molecule has 0 bridgehead atoms. The summed E-state index contributed by atoms with van der Waals surface area (Å²) in [5.41, 5.74) is 2.11. The molecule has 2 aromatic heterocycles. The minimum absolute atomic E-state index is 0.0406. The predicted molar refractivity (Wildman–Crippen MR) is 140 cm³/mol. The molecule has 34 heavy (non-hydrogen) atoms. The van der Waals surface area contributed by atoms with Crippen molar-refractivity contribution in [1.29, 1.82) is 0 Å². The fourth-order valence-corrected chi connectivity index (χ4v) is 5.19. The lowest BCUT2D eigenvalue weighted by atomic mass is 10.1. The molecule has 4 rings (SSSR count). The van der Waals surface area contributed by atoms with Gasteiger partial charge in [-0.1, -0.05) is 39.0 Å². The van der Waals surface area contributed by atoms with Crippen molar-refractivity contribution in [3.05, 3.63) is 46.4 Å². The number of carbonyl (C=O) groups excluding carboxylic acids is 1. The van der Waals surface area contributed by atoms with Crippen LogP contribution in [0.2, 0.25) is 0 Å². The number of amides is 1. The first kappa shape index (κ1) is 24.5. The molecule has 184 valence electrons. The number of aryl methyl sites for hydroxylation is 1. The first-order valence-corrected chi connectivity index (χ1v) is 12.7. The zero-order valence-electron chi connectivity index (χ0n) is 21.1. The Morgan fingerprint density at radius 1 is 1.06 bits per heavy atom. The Morgan fingerprint density at radius 2 is 1.74 bits per heavy atom. The summed E-state index contributed by atoms with van der Waals surface area (Å²) in [6.45, 7) is 14.3. The van der Waals surface area contributed by atoms with Crippen molar-refractivity contribution in [2.45, 2.75) is 40.2 Å². The summed E-state index contributed by atoms with van der Waals surface area (Å²) in [7, 11) is 1.91. The largest absolute Gasteiger partial charge is 0.352 e. The van der Waals surface area contributed by atoms with Crippen molar-refractivity contribution in [2.75, 3.05) is 45.8 Å². The van der Waals surface area contributed by atoms with E-state index in [4.69, 9.17) is 0 Å². The summed E-state index contributed by atoms with van der Waals surface area (Å²) in [4.78, 5) is 31.7. The molecule has 1 aromatic carbocycles. The van der Waals surface area contributed by atoms with Crippen LogP contribution in [-0.4, -0.2) is 70.7 Å². The van der Waals surface area contributed by atoms with Crippen LogP contribution in [0.4, 0.5) is 0 Å². The van der Waals surface area contributed by atoms with Gasteiger partial charge in [-0.3, -0.25) is 9.59 Å². The smallest absolute Gasteiger partial charge is 0.275 e. The van der Waals surface area contributed by atoms with Gasteiger partial charge in [-0.25, -0.2) is 0 Å². The average Bonchev–Trinajstić information content (AvgIpc) is 3.12. The van der Waals surface area contributed by atoms with Crippen LogP contribution in [0.25, 0.3) is 21.8 Å². The third-order valence-electron chi connectivity index (χ3n) is 6.87.